The van der Waals surface area contributed by atoms with Crippen molar-refractivity contribution in [2.24, 2.45) is 4.99 Å². The Hall–Kier alpha value is -1.93. The maximum atomic E-state index is 8.06. The van der Waals surface area contributed by atoms with Gasteiger partial charge in [-0.05, 0) is 59.9 Å². The van der Waals surface area contributed by atoms with Gasteiger partial charge in [0, 0.05) is 43.3 Å². The highest BCUT2D eigenvalue weighted by Crippen LogP contribution is 2.39. The van der Waals surface area contributed by atoms with Crippen LogP contribution in [0, 0.1) is 6.92 Å². The van der Waals surface area contributed by atoms with Gasteiger partial charge < -0.3 is 25.3 Å². The molecule has 166 valence electrons. The number of aryl methyl sites for hydroxylation is 1. The minimum absolute atomic E-state index is 0.167. The maximum absolute atomic E-state index is 8.06. The molecule has 1 fully saturated rings. The van der Waals surface area contributed by atoms with E-state index in [0.717, 1.165) is 43.4 Å². The first kappa shape index (κ1) is 24.3. The van der Waals surface area contributed by atoms with Crippen molar-refractivity contribution in [2.45, 2.75) is 46.8 Å². The molecule has 3 heterocycles. The fourth-order valence-electron chi connectivity index (χ4n) is 3.01. The van der Waals surface area contributed by atoms with Crippen LogP contribution in [0.3, 0.4) is 0 Å². The number of likely N-dealkylation sites (N-methyl/N-ethyl adjacent to an activating group) is 1. The summed E-state index contributed by atoms with van der Waals surface area (Å²) in [4.78, 5) is 11.1. The van der Waals surface area contributed by atoms with Crippen molar-refractivity contribution >= 4 is 33.5 Å². The minimum Gasteiger partial charge on any atom is -0.394 e. The van der Waals surface area contributed by atoms with E-state index >= 15 is 0 Å². The van der Waals surface area contributed by atoms with Crippen LogP contribution in [0.4, 0.5) is 16.4 Å². The average Bonchev–Trinajstić information content (AvgIpc) is 2.93. The molecule has 0 aliphatic carbocycles. The number of aliphatic hydroxyl groups excluding tert-OH is 2. The number of thiophene rings is 1. The Morgan fingerprint density at radius 1 is 1.00 bits per heavy atom. The maximum Gasteiger partial charge on any atom is 0.139 e. The number of piperazine rings is 1. The van der Waals surface area contributed by atoms with Crippen molar-refractivity contribution in [1.29, 1.82) is 0 Å². The molecule has 7 heteroatoms. The number of aliphatic imine (C=N–C) groups is 1. The molecule has 0 radical (unpaired) electrons. The zero-order valence-electron chi connectivity index (χ0n) is 19.0. The van der Waals surface area contributed by atoms with Crippen molar-refractivity contribution in [2.75, 3.05) is 38.5 Å². The average molecular weight is 433 g/mol. The Morgan fingerprint density at radius 2 is 1.57 bits per heavy atom. The third-order valence-electron chi connectivity index (χ3n) is 4.28. The molecule has 1 aromatic heterocycles. The van der Waals surface area contributed by atoms with Crippen LogP contribution in [-0.4, -0.2) is 71.3 Å². The lowest BCUT2D eigenvalue weighted by Crippen LogP contribution is -2.47. The predicted octanol–water partition coefficient (Wildman–Crippen LogP) is 4.21. The van der Waals surface area contributed by atoms with Crippen LogP contribution in [0.1, 0.15) is 38.1 Å². The number of fused-ring (bicyclic) bond motifs is 2. The molecular formula is C23H36N4O2S. The first-order valence-corrected chi connectivity index (χ1v) is 11.3. The van der Waals surface area contributed by atoms with Crippen LogP contribution in [-0.2, 0) is 0 Å². The molecule has 0 atom stereocenters. The van der Waals surface area contributed by atoms with Crippen LogP contribution in [0.15, 0.2) is 35.3 Å². The zero-order valence-corrected chi connectivity index (χ0v) is 19.8. The summed E-state index contributed by atoms with van der Waals surface area (Å²) < 4.78 is 0. The second kappa shape index (κ2) is 11.5. The lowest BCUT2D eigenvalue weighted by Gasteiger charge is -2.34. The minimum atomic E-state index is -0.167. The van der Waals surface area contributed by atoms with Gasteiger partial charge in [0.1, 0.15) is 10.8 Å². The first-order valence-electron chi connectivity index (χ1n) is 10.5. The zero-order chi connectivity index (χ0) is 22.3. The molecule has 0 amide bonds. The van der Waals surface area contributed by atoms with Crippen molar-refractivity contribution in [3.8, 4) is 0 Å². The molecule has 3 N–H and O–H groups in total. The normalized spacial score (nSPS) is 15.7. The smallest absolute Gasteiger partial charge is 0.139 e. The number of benzene rings is 1. The predicted molar refractivity (Wildman–Crippen MR) is 129 cm³/mol. The highest BCUT2D eigenvalue weighted by molar-refractivity contribution is 7.16. The van der Waals surface area contributed by atoms with E-state index < -0.39 is 0 Å². The summed E-state index contributed by atoms with van der Waals surface area (Å²) >= 11 is 1.81. The van der Waals surface area contributed by atoms with E-state index in [9.17, 15) is 0 Å². The molecule has 4 rings (SSSR count). The number of amidine groups is 1. The summed E-state index contributed by atoms with van der Waals surface area (Å²) in [7, 11) is 2.18. The van der Waals surface area contributed by atoms with Crippen LogP contribution in [0.25, 0.3) is 0 Å². The van der Waals surface area contributed by atoms with Gasteiger partial charge in [-0.2, -0.15) is 0 Å². The highest BCUT2D eigenvalue weighted by atomic mass is 32.1. The molecule has 1 saturated heterocycles. The van der Waals surface area contributed by atoms with Gasteiger partial charge in [0.15, 0.2) is 0 Å². The van der Waals surface area contributed by atoms with Gasteiger partial charge >= 0.3 is 0 Å². The molecule has 30 heavy (non-hydrogen) atoms. The number of aliphatic hydroxyl groups is 2. The van der Waals surface area contributed by atoms with Crippen LogP contribution < -0.4 is 5.32 Å². The van der Waals surface area contributed by atoms with Crippen molar-refractivity contribution in [3.05, 3.63) is 40.8 Å². The Morgan fingerprint density at radius 3 is 2.17 bits per heavy atom. The van der Waals surface area contributed by atoms with E-state index in [0.29, 0.717) is 0 Å². The SMILES string of the molecule is CC(C)O.CC(C)O.Cc1cc2c(s1)Nc1ccccc1N=C2N1CCN(C)CC1. The summed E-state index contributed by atoms with van der Waals surface area (Å²) in [5, 5.41) is 20.9. The Balaban J connectivity index is 0.000000347. The van der Waals surface area contributed by atoms with Gasteiger partial charge in [-0.3, -0.25) is 0 Å². The summed E-state index contributed by atoms with van der Waals surface area (Å²) in [6.45, 7) is 13.3. The van der Waals surface area contributed by atoms with Crippen LogP contribution >= 0.6 is 11.3 Å². The molecule has 0 unspecified atom stereocenters. The monoisotopic (exact) mass is 432 g/mol. The largest absolute Gasteiger partial charge is 0.394 e. The number of rotatable bonds is 0. The number of para-hydroxylation sites is 2. The molecule has 0 spiro atoms. The van der Waals surface area contributed by atoms with Crippen LogP contribution in [0.5, 0.6) is 0 Å². The van der Waals surface area contributed by atoms with Gasteiger partial charge in [-0.15, -0.1) is 11.3 Å². The Bertz CT molecular complexity index is 813. The summed E-state index contributed by atoms with van der Waals surface area (Å²) in [6.07, 6.45) is -0.333. The van der Waals surface area contributed by atoms with Crippen molar-refractivity contribution in [1.82, 2.24) is 9.80 Å². The van der Waals surface area contributed by atoms with E-state index in [1.165, 1.54) is 15.4 Å². The summed E-state index contributed by atoms with van der Waals surface area (Å²) in [5.41, 5.74) is 3.36. The lowest BCUT2D eigenvalue weighted by atomic mass is 10.2. The van der Waals surface area contributed by atoms with Gasteiger partial charge in [0.2, 0.25) is 0 Å². The second-order valence-electron chi connectivity index (χ2n) is 8.16. The van der Waals surface area contributed by atoms with Crippen molar-refractivity contribution < 1.29 is 10.2 Å². The van der Waals surface area contributed by atoms with E-state index in [-0.39, 0.29) is 12.2 Å². The molecule has 2 aromatic rings. The highest BCUT2D eigenvalue weighted by Gasteiger charge is 2.25. The van der Waals surface area contributed by atoms with Crippen LogP contribution in [0.2, 0.25) is 0 Å². The summed E-state index contributed by atoms with van der Waals surface area (Å²) in [5.74, 6) is 1.12. The molecule has 0 saturated carbocycles. The number of nitrogens with one attached hydrogen (secondary N) is 1. The van der Waals surface area contributed by atoms with Gasteiger partial charge in [0.05, 0.1) is 16.9 Å². The molecule has 2 aliphatic rings. The third-order valence-corrected chi connectivity index (χ3v) is 5.24. The van der Waals surface area contributed by atoms with E-state index in [1.807, 2.05) is 0 Å². The van der Waals surface area contributed by atoms with E-state index in [1.54, 1.807) is 39.0 Å². The fourth-order valence-corrected chi connectivity index (χ4v) is 3.93. The Labute approximate surface area is 184 Å². The number of nitrogens with zero attached hydrogens (tertiary/aromatic N) is 3. The Kier molecular flexibility index (Phi) is 9.30. The van der Waals surface area contributed by atoms with E-state index in [2.05, 4.69) is 59.4 Å². The van der Waals surface area contributed by atoms with E-state index in [4.69, 9.17) is 15.2 Å². The topological polar surface area (TPSA) is 71.3 Å². The van der Waals surface area contributed by atoms with Crippen molar-refractivity contribution in [3.63, 3.8) is 0 Å². The first-order chi connectivity index (χ1) is 14.2. The number of hydrogen-bond acceptors (Lipinski definition) is 7. The lowest BCUT2D eigenvalue weighted by molar-refractivity contribution is 0.215. The standard InChI is InChI=1S/C17H20N4S.2C3H8O/c1-12-11-13-16(21-9-7-20(2)8-10-21)18-14-5-3-4-6-15(14)19-17(13)22-12;2*1-3(2)4/h3-6,11,19H,7-10H2,1-2H3;2*3-4H,1-2H3. The molecule has 1 aromatic carbocycles. The van der Waals surface area contributed by atoms with Gasteiger partial charge in [0.25, 0.3) is 0 Å². The summed E-state index contributed by atoms with van der Waals surface area (Å²) in [6, 6.07) is 10.6. The van der Waals surface area contributed by atoms with Gasteiger partial charge in [-0.1, -0.05) is 12.1 Å². The number of hydrogen-bond donors (Lipinski definition) is 3. The quantitative estimate of drug-likeness (QED) is 0.582. The second-order valence-corrected chi connectivity index (χ2v) is 9.41. The van der Waals surface area contributed by atoms with Gasteiger partial charge in [-0.25, -0.2) is 4.99 Å². The molecule has 2 aliphatic heterocycles. The fraction of sp³-hybridized carbons (Fsp3) is 0.522. The molecular weight excluding hydrogens is 396 g/mol. The number of anilines is 2. The molecule has 0 bridgehead atoms. The third kappa shape index (κ3) is 7.40. The molecule has 6 nitrogen and oxygen atoms in total.